The van der Waals surface area contributed by atoms with E-state index < -0.39 is 48.4 Å². The molecule has 6 atom stereocenters. The molecule has 15 nitrogen and oxygen atoms in total. The third-order valence-corrected chi connectivity index (χ3v) is 14.5. The van der Waals surface area contributed by atoms with Gasteiger partial charge >= 0.3 is 0 Å². The molecular formula is C55H66Cl2N8O7. The number of halogens is 2. The Morgan fingerprint density at radius 3 is 2.17 bits per heavy atom. The molecule has 5 aromatic rings. The van der Waals surface area contributed by atoms with E-state index in [1.165, 1.54) is 9.80 Å². The van der Waals surface area contributed by atoms with Crippen molar-refractivity contribution < 1.29 is 33.8 Å². The zero-order valence-electron chi connectivity index (χ0n) is 41.9. The number of aromatic nitrogens is 2. The van der Waals surface area contributed by atoms with Crippen LogP contribution in [0.5, 0.6) is 11.5 Å². The Hall–Kier alpha value is -6.26. The topological polar surface area (TPSA) is 170 Å². The van der Waals surface area contributed by atoms with Gasteiger partial charge in [-0.05, 0) is 113 Å². The molecule has 1 aliphatic heterocycles. The summed E-state index contributed by atoms with van der Waals surface area (Å²) in [5, 5.41) is 17.6. The first kappa shape index (κ1) is 53.5. The Morgan fingerprint density at radius 2 is 1.47 bits per heavy atom. The van der Waals surface area contributed by atoms with Crippen molar-refractivity contribution in [1.82, 2.24) is 39.8 Å². The first-order chi connectivity index (χ1) is 34.5. The van der Waals surface area contributed by atoms with Gasteiger partial charge in [0.1, 0.15) is 23.6 Å². The van der Waals surface area contributed by atoms with Crippen molar-refractivity contribution in [1.29, 1.82) is 0 Å². The number of rotatable bonds is 12. The highest BCUT2D eigenvalue weighted by Crippen LogP contribution is 2.33. The van der Waals surface area contributed by atoms with Gasteiger partial charge in [0.25, 0.3) is 0 Å². The third kappa shape index (κ3) is 13.4. The van der Waals surface area contributed by atoms with Crippen LogP contribution >= 0.6 is 23.2 Å². The van der Waals surface area contributed by atoms with Crippen molar-refractivity contribution in [2.75, 3.05) is 34.8 Å². The van der Waals surface area contributed by atoms with Crippen molar-refractivity contribution in [2.45, 2.75) is 109 Å². The molecule has 2 aliphatic rings. The average Bonchev–Trinajstić information content (AvgIpc) is 3.72. The molecule has 2 heterocycles. The molecule has 0 spiro atoms. The van der Waals surface area contributed by atoms with Crippen LogP contribution in [0.1, 0.15) is 73.5 Å². The van der Waals surface area contributed by atoms with Gasteiger partial charge in [0, 0.05) is 72.6 Å². The number of benzene rings is 4. The lowest BCUT2D eigenvalue weighted by Gasteiger charge is -2.40. The summed E-state index contributed by atoms with van der Waals surface area (Å²) in [6.07, 6.45) is 4.88. The second-order valence-electron chi connectivity index (χ2n) is 19.4. The molecule has 17 heteroatoms. The number of carbonyl (C=O) groups excluding carboxylic acids is 5. The van der Waals surface area contributed by atoms with Crippen molar-refractivity contribution in [3.05, 3.63) is 142 Å². The minimum atomic E-state index is -1.43. The minimum absolute atomic E-state index is 0.0923. The molecule has 3 N–H and O–H groups in total. The number of ether oxygens (including phenoxy) is 1. The van der Waals surface area contributed by atoms with Crippen LogP contribution in [0.3, 0.4) is 0 Å². The standard InChI is InChI=1S/C55H66Cl2N8O7/c1-35-47(32-61(3)4)58-34-65(35)43-22-24-45(25-23-43)72-50-29-42(57)21-18-39(50)31-64-36(2)53(69)60-48(33-66)55(71)62(5)44(27-38-16-19-41(56)20-17-38)30-51(67)59-46-14-10-11-15-49(46)63(6)54(70)40(28-52(64)68)26-37-12-8-7-9-13-37/h7-9,12-13,16-25,29,34,36,40,44,46,48-49,66H,10-11,14-15,26-28,30-33H2,1-6H3,(H,59,67)(H,60,69)/t36-,40+,44-,46-,48-,49-/m0/s1. The number of hydrogen-bond acceptors (Lipinski definition) is 9. The van der Waals surface area contributed by atoms with Crippen molar-refractivity contribution in [2.24, 2.45) is 5.92 Å². The quantitative estimate of drug-likeness (QED) is 0.118. The largest absolute Gasteiger partial charge is 0.457 e. The molecule has 72 heavy (non-hydrogen) atoms. The van der Waals surface area contributed by atoms with Crippen LogP contribution in [0.4, 0.5) is 0 Å². The van der Waals surface area contributed by atoms with Gasteiger partial charge in [-0.2, -0.15) is 0 Å². The fourth-order valence-corrected chi connectivity index (χ4v) is 10.1. The number of likely N-dealkylation sites (N-methyl/N-ethyl adjacent to an activating group) is 2. The van der Waals surface area contributed by atoms with Crippen LogP contribution in [0.25, 0.3) is 5.69 Å². The number of hydrogen-bond donors (Lipinski definition) is 3. The molecule has 0 radical (unpaired) electrons. The molecule has 2 fully saturated rings. The normalized spacial score (nSPS) is 22.0. The summed E-state index contributed by atoms with van der Waals surface area (Å²) in [6.45, 7) is 3.36. The molecule has 1 saturated heterocycles. The average molecular weight is 1020 g/mol. The highest BCUT2D eigenvalue weighted by atomic mass is 35.5. The molecule has 0 bridgehead atoms. The number of amides is 5. The van der Waals surface area contributed by atoms with E-state index in [4.69, 9.17) is 27.9 Å². The monoisotopic (exact) mass is 1020 g/mol. The highest BCUT2D eigenvalue weighted by molar-refractivity contribution is 6.31. The number of fused-ring (bicyclic) bond motifs is 1. The first-order valence-corrected chi connectivity index (χ1v) is 25.3. The fraction of sp³-hybridized carbons (Fsp3) is 0.418. The number of nitrogens with one attached hydrogen (secondary N) is 2. The van der Waals surface area contributed by atoms with E-state index in [1.807, 2.05) is 92.3 Å². The lowest BCUT2D eigenvalue weighted by molar-refractivity contribution is -0.147. The molecule has 1 aromatic heterocycles. The predicted molar refractivity (Wildman–Crippen MR) is 278 cm³/mol. The Morgan fingerprint density at radius 1 is 0.792 bits per heavy atom. The number of imidazole rings is 1. The highest BCUT2D eigenvalue weighted by Gasteiger charge is 2.39. The molecule has 0 unspecified atom stereocenters. The lowest BCUT2D eigenvalue weighted by Crippen LogP contribution is -2.58. The van der Waals surface area contributed by atoms with Crippen molar-refractivity contribution >= 4 is 52.7 Å². The second kappa shape index (κ2) is 24.4. The zero-order valence-corrected chi connectivity index (χ0v) is 43.4. The van der Waals surface area contributed by atoms with Crippen molar-refractivity contribution in [3.63, 3.8) is 0 Å². The molecule has 4 aromatic carbocycles. The smallest absolute Gasteiger partial charge is 0.247 e. The van der Waals surface area contributed by atoms with Crippen LogP contribution in [0, 0.1) is 12.8 Å². The van der Waals surface area contributed by atoms with Gasteiger partial charge in [-0.3, -0.25) is 24.0 Å². The number of nitrogens with zero attached hydrogens (tertiary/aromatic N) is 6. The lowest BCUT2D eigenvalue weighted by atomic mass is 9.87. The van der Waals surface area contributed by atoms with Gasteiger partial charge in [0.05, 0.1) is 37.1 Å². The summed E-state index contributed by atoms with van der Waals surface area (Å²) in [5.41, 5.74) is 5.04. The van der Waals surface area contributed by atoms with Gasteiger partial charge < -0.3 is 44.6 Å². The summed E-state index contributed by atoms with van der Waals surface area (Å²) < 4.78 is 8.50. The number of carbonyl (C=O) groups is 5. The fourth-order valence-electron chi connectivity index (χ4n) is 9.77. The summed E-state index contributed by atoms with van der Waals surface area (Å²) in [4.78, 5) is 84.3. The maximum atomic E-state index is 15.2. The van der Waals surface area contributed by atoms with Crippen LogP contribution in [0.15, 0.2) is 103 Å². The summed E-state index contributed by atoms with van der Waals surface area (Å²) >= 11 is 12.8. The van der Waals surface area contributed by atoms with E-state index in [1.54, 1.807) is 62.6 Å². The molecule has 382 valence electrons. The van der Waals surface area contributed by atoms with E-state index in [9.17, 15) is 24.3 Å². The Kier molecular flexibility index (Phi) is 18.2. The Labute approximate surface area is 432 Å². The maximum absolute atomic E-state index is 15.2. The number of aliphatic hydroxyl groups excluding tert-OH is 1. The van der Waals surface area contributed by atoms with Crippen molar-refractivity contribution in [3.8, 4) is 17.2 Å². The maximum Gasteiger partial charge on any atom is 0.247 e. The van der Waals surface area contributed by atoms with Gasteiger partial charge in [0.2, 0.25) is 29.5 Å². The van der Waals surface area contributed by atoms with E-state index in [2.05, 4.69) is 20.5 Å². The molecular weight excluding hydrogens is 956 g/mol. The summed E-state index contributed by atoms with van der Waals surface area (Å²) in [5.74, 6) is -2.45. The Bertz CT molecular complexity index is 2680. The Balaban J connectivity index is 1.24. The van der Waals surface area contributed by atoms with E-state index in [0.717, 1.165) is 41.0 Å². The van der Waals surface area contributed by atoms with Gasteiger partial charge in [-0.15, -0.1) is 0 Å². The van der Waals surface area contributed by atoms with E-state index in [0.29, 0.717) is 46.5 Å². The summed E-state index contributed by atoms with van der Waals surface area (Å²) in [6, 6.07) is 25.0. The van der Waals surface area contributed by atoms with Gasteiger partial charge in [0.15, 0.2) is 0 Å². The third-order valence-electron chi connectivity index (χ3n) is 14.0. The van der Waals surface area contributed by atoms with E-state index >= 15 is 4.79 Å². The summed E-state index contributed by atoms with van der Waals surface area (Å²) in [7, 11) is 7.27. The van der Waals surface area contributed by atoms with Gasteiger partial charge in [-0.25, -0.2) is 4.98 Å². The first-order valence-electron chi connectivity index (χ1n) is 24.6. The molecule has 5 amide bonds. The second-order valence-corrected chi connectivity index (χ2v) is 20.3. The minimum Gasteiger partial charge on any atom is -0.457 e. The molecule has 7 rings (SSSR count). The zero-order chi connectivity index (χ0) is 51.6. The SMILES string of the molecule is Cc1c(CN(C)C)ncn1-c1ccc(Oc2cc(Cl)ccc2CN2C(=O)C[C@@H](Cc3ccccc3)C(=O)N(C)[C@H]3CCCC[C@@H]3NC(=O)C[C@H](Cc3ccc(Cl)cc3)N(C)C(=O)[C@H](CO)NC(=O)[C@@H]2C)cc1. The van der Waals surface area contributed by atoms with Crippen LogP contribution in [-0.2, 0) is 49.9 Å². The van der Waals surface area contributed by atoms with Crippen LogP contribution in [0.2, 0.25) is 10.0 Å². The molecule has 1 aliphatic carbocycles. The van der Waals surface area contributed by atoms with E-state index in [-0.39, 0.29) is 56.1 Å². The molecule has 1 saturated carbocycles. The van der Waals surface area contributed by atoms with Crippen LogP contribution < -0.4 is 15.4 Å². The van der Waals surface area contributed by atoms with Gasteiger partial charge in [-0.1, -0.05) is 84.6 Å². The van der Waals surface area contributed by atoms with Crippen LogP contribution in [-0.4, -0.2) is 129 Å². The number of aliphatic hydroxyl groups is 1. The predicted octanol–water partition coefficient (Wildman–Crippen LogP) is 7.14.